The molecule has 0 aliphatic heterocycles. The predicted molar refractivity (Wildman–Crippen MR) is 79.0 cm³/mol. The van der Waals surface area contributed by atoms with Gasteiger partial charge in [-0.15, -0.1) is 0 Å². The van der Waals surface area contributed by atoms with E-state index < -0.39 is 0 Å². The van der Waals surface area contributed by atoms with Gasteiger partial charge >= 0.3 is 0 Å². The molecule has 3 N–H and O–H groups in total. The Morgan fingerprint density at radius 1 is 1.37 bits per heavy atom. The number of rotatable bonds is 6. The van der Waals surface area contributed by atoms with Gasteiger partial charge in [0.2, 0.25) is 5.13 Å². The summed E-state index contributed by atoms with van der Waals surface area (Å²) in [5.74, 6) is 1.62. The van der Waals surface area contributed by atoms with E-state index in [1.165, 1.54) is 29.9 Å². The number of hydrogen-bond donors (Lipinski definition) is 2. The summed E-state index contributed by atoms with van der Waals surface area (Å²) in [6.45, 7) is 0.735. The maximum Gasteiger partial charge on any atom is 0.207 e. The minimum absolute atomic E-state index is 0.614. The fraction of sp³-hybridized carbons (Fsp3) is 0.429. The number of nitrogens with zero attached hydrogens (tertiary/aromatic N) is 2. The van der Waals surface area contributed by atoms with Crippen molar-refractivity contribution in [3.8, 4) is 0 Å². The normalized spacial score (nSPS) is 14.6. The minimum atomic E-state index is 0.614. The molecule has 0 saturated heterocycles. The number of aryl methyl sites for hydroxylation is 1. The second-order valence-electron chi connectivity index (χ2n) is 4.95. The molecule has 5 heteroatoms. The van der Waals surface area contributed by atoms with E-state index in [0.717, 1.165) is 36.0 Å². The second-order valence-corrected chi connectivity index (χ2v) is 5.70. The average molecular weight is 274 g/mol. The van der Waals surface area contributed by atoms with Gasteiger partial charge in [-0.1, -0.05) is 12.1 Å². The van der Waals surface area contributed by atoms with Crippen molar-refractivity contribution < 1.29 is 0 Å². The third kappa shape index (κ3) is 3.30. The van der Waals surface area contributed by atoms with Gasteiger partial charge in [-0.2, -0.15) is 4.37 Å². The molecule has 1 aromatic heterocycles. The topological polar surface area (TPSA) is 63.8 Å². The van der Waals surface area contributed by atoms with Gasteiger partial charge in [-0.25, -0.2) is 4.98 Å². The molecule has 1 aliphatic carbocycles. The van der Waals surface area contributed by atoms with Crippen LogP contribution in [0, 0.1) is 0 Å². The van der Waals surface area contributed by atoms with Gasteiger partial charge in [0.1, 0.15) is 5.82 Å². The molecule has 0 atom stereocenters. The van der Waals surface area contributed by atoms with Gasteiger partial charge in [0.25, 0.3) is 0 Å². The van der Waals surface area contributed by atoms with Gasteiger partial charge in [0.05, 0.1) is 0 Å². The van der Waals surface area contributed by atoms with E-state index >= 15 is 0 Å². The van der Waals surface area contributed by atoms with E-state index in [1.807, 2.05) is 0 Å². The van der Waals surface area contributed by atoms with Crippen LogP contribution in [-0.2, 0) is 6.42 Å². The smallest absolute Gasteiger partial charge is 0.207 e. The lowest BCUT2D eigenvalue weighted by Gasteiger charge is -2.05. The first-order valence-electron chi connectivity index (χ1n) is 6.75. The Bertz CT molecular complexity index is 548. The van der Waals surface area contributed by atoms with Crippen LogP contribution in [0.3, 0.4) is 0 Å². The number of aromatic nitrogens is 2. The van der Waals surface area contributed by atoms with Gasteiger partial charge in [0.15, 0.2) is 0 Å². The van der Waals surface area contributed by atoms with Crippen molar-refractivity contribution in [1.29, 1.82) is 0 Å². The van der Waals surface area contributed by atoms with Crippen molar-refractivity contribution in [1.82, 2.24) is 9.36 Å². The van der Waals surface area contributed by atoms with Gasteiger partial charge in [0, 0.05) is 23.1 Å². The maximum atomic E-state index is 5.54. The van der Waals surface area contributed by atoms with E-state index in [4.69, 9.17) is 5.73 Å². The molecule has 4 nitrogen and oxygen atoms in total. The van der Waals surface area contributed by atoms with Crippen molar-refractivity contribution in [3.05, 3.63) is 35.7 Å². The van der Waals surface area contributed by atoms with Crippen LogP contribution in [0.5, 0.6) is 0 Å². The van der Waals surface area contributed by atoms with Crippen LogP contribution in [0.1, 0.15) is 36.6 Å². The number of nitrogens with one attached hydrogen (secondary N) is 1. The van der Waals surface area contributed by atoms with Crippen molar-refractivity contribution in [3.63, 3.8) is 0 Å². The van der Waals surface area contributed by atoms with Crippen LogP contribution < -0.4 is 11.1 Å². The van der Waals surface area contributed by atoms with Crippen molar-refractivity contribution in [2.24, 2.45) is 5.73 Å². The number of benzene rings is 1. The Morgan fingerprint density at radius 2 is 2.26 bits per heavy atom. The molecular weight excluding hydrogens is 256 g/mol. The van der Waals surface area contributed by atoms with Gasteiger partial charge in [-0.3, -0.25) is 0 Å². The largest absolute Gasteiger partial charge is 0.330 e. The highest BCUT2D eigenvalue weighted by atomic mass is 32.1. The van der Waals surface area contributed by atoms with Crippen LogP contribution in [0.15, 0.2) is 24.3 Å². The molecule has 1 aliphatic rings. The standard InChI is InChI=1S/C14H18N4S/c15-8-2-4-10-3-1-5-12(9-10)16-14-17-13(18-19-14)11-6-7-11/h1,3,5,9,11H,2,4,6-8,15H2,(H,16,17,18). The Hall–Kier alpha value is -1.46. The Morgan fingerprint density at radius 3 is 3.05 bits per heavy atom. The van der Waals surface area contributed by atoms with Crippen LogP contribution >= 0.6 is 11.5 Å². The Labute approximate surface area is 117 Å². The second kappa shape index (κ2) is 5.67. The zero-order valence-corrected chi connectivity index (χ0v) is 11.6. The number of anilines is 2. The highest BCUT2D eigenvalue weighted by Crippen LogP contribution is 2.39. The molecule has 1 aromatic carbocycles. The molecule has 2 aromatic rings. The fourth-order valence-corrected chi connectivity index (χ4v) is 2.69. The molecule has 19 heavy (non-hydrogen) atoms. The summed E-state index contributed by atoms with van der Waals surface area (Å²) in [5, 5.41) is 4.22. The summed E-state index contributed by atoms with van der Waals surface area (Å²) in [7, 11) is 0. The molecule has 1 heterocycles. The molecule has 0 bridgehead atoms. The zero-order chi connectivity index (χ0) is 13.1. The third-order valence-corrected chi connectivity index (χ3v) is 3.88. The Kier molecular flexibility index (Phi) is 3.75. The summed E-state index contributed by atoms with van der Waals surface area (Å²) in [5.41, 5.74) is 7.93. The highest BCUT2D eigenvalue weighted by molar-refractivity contribution is 7.09. The van der Waals surface area contributed by atoms with E-state index in [0.29, 0.717) is 5.92 Å². The zero-order valence-electron chi connectivity index (χ0n) is 10.8. The first kappa shape index (κ1) is 12.6. The van der Waals surface area contributed by atoms with Crippen LogP contribution in [0.25, 0.3) is 0 Å². The van der Waals surface area contributed by atoms with Crippen LogP contribution in [-0.4, -0.2) is 15.9 Å². The summed E-state index contributed by atoms with van der Waals surface area (Å²) < 4.78 is 4.40. The molecule has 1 fully saturated rings. The van der Waals surface area contributed by atoms with Crippen molar-refractivity contribution >= 4 is 22.4 Å². The molecule has 0 amide bonds. The SMILES string of the molecule is NCCCc1cccc(Nc2nc(C3CC3)ns2)c1. The Balaban J connectivity index is 1.67. The maximum absolute atomic E-state index is 5.54. The van der Waals surface area contributed by atoms with Gasteiger partial charge < -0.3 is 11.1 Å². The van der Waals surface area contributed by atoms with E-state index in [1.54, 1.807) is 0 Å². The third-order valence-electron chi connectivity index (χ3n) is 3.23. The first-order valence-corrected chi connectivity index (χ1v) is 7.52. The lowest BCUT2D eigenvalue weighted by molar-refractivity contribution is 0.833. The molecule has 3 rings (SSSR count). The first-order chi connectivity index (χ1) is 9.35. The molecule has 0 radical (unpaired) electrons. The van der Waals surface area contributed by atoms with E-state index in [2.05, 4.69) is 38.9 Å². The summed E-state index contributed by atoms with van der Waals surface area (Å²) in [6.07, 6.45) is 4.53. The lowest BCUT2D eigenvalue weighted by atomic mass is 10.1. The molecule has 0 spiro atoms. The fourth-order valence-electron chi connectivity index (χ4n) is 2.03. The van der Waals surface area contributed by atoms with Crippen molar-refractivity contribution in [2.45, 2.75) is 31.6 Å². The molecule has 0 unspecified atom stereocenters. The number of nitrogens with two attached hydrogens (primary N) is 1. The van der Waals surface area contributed by atoms with Gasteiger partial charge in [-0.05, 0) is 49.9 Å². The average Bonchev–Trinajstić information content (AvgIpc) is 3.18. The summed E-state index contributed by atoms with van der Waals surface area (Å²) in [6, 6.07) is 8.42. The van der Waals surface area contributed by atoms with E-state index in [-0.39, 0.29) is 0 Å². The molecule has 1 saturated carbocycles. The lowest BCUT2D eigenvalue weighted by Crippen LogP contribution is -2.00. The number of hydrogen-bond acceptors (Lipinski definition) is 5. The molecule has 100 valence electrons. The van der Waals surface area contributed by atoms with E-state index in [9.17, 15) is 0 Å². The highest BCUT2D eigenvalue weighted by Gasteiger charge is 2.27. The molecular formula is C14H18N4S. The monoisotopic (exact) mass is 274 g/mol. The summed E-state index contributed by atoms with van der Waals surface area (Å²) in [4.78, 5) is 4.54. The van der Waals surface area contributed by atoms with Crippen LogP contribution in [0.2, 0.25) is 0 Å². The minimum Gasteiger partial charge on any atom is -0.330 e. The quantitative estimate of drug-likeness (QED) is 0.849. The van der Waals surface area contributed by atoms with Crippen molar-refractivity contribution in [2.75, 3.05) is 11.9 Å². The summed E-state index contributed by atoms with van der Waals surface area (Å²) >= 11 is 1.44. The van der Waals surface area contributed by atoms with Crippen LogP contribution in [0.4, 0.5) is 10.8 Å². The predicted octanol–water partition coefficient (Wildman–Crippen LogP) is 3.05.